The average molecular weight is 412 g/mol. The molecule has 0 spiro atoms. The van der Waals surface area contributed by atoms with Gasteiger partial charge in [0.25, 0.3) is 0 Å². The number of nitrogens with zero attached hydrogens (tertiary/aromatic N) is 3. The van der Waals surface area contributed by atoms with Crippen LogP contribution in [0.1, 0.15) is 10.6 Å². The summed E-state index contributed by atoms with van der Waals surface area (Å²) in [7, 11) is 1.83. The third kappa shape index (κ3) is 2.99. The predicted molar refractivity (Wildman–Crippen MR) is 125 cm³/mol. The summed E-state index contributed by atoms with van der Waals surface area (Å²) in [6.07, 6.45) is 0. The molecule has 30 heavy (non-hydrogen) atoms. The van der Waals surface area contributed by atoms with Crippen molar-refractivity contribution in [2.24, 2.45) is 7.05 Å². The number of aryl methyl sites for hydroxylation is 3. The number of thiazole rings is 1. The number of rotatable bonds is 3. The molecule has 0 fully saturated rings. The Balaban J connectivity index is 1.72. The number of hydrogen-bond donors (Lipinski definition) is 0. The maximum absolute atomic E-state index is 13.0. The van der Waals surface area contributed by atoms with E-state index in [2.05, 4.69) is 43.3 Å². The van der Waals surface area contributed by atoms with Crippen LogP contribution in [0.5, 0.6) is 0 Å². The number of benzene rings is 3. The Labute approximate surface area is 178 Å². The summed E-state index contributed by atoms with van der Waals surface area (Å²) in [5, 5.41) is 1.03. The van der Waals surface area contributed by atoms with Crippen molar-refractivity contribution in [1.29, 1.82) is 0 Å². The highest BCUT2D eigenvalue weighted by Gasteiger charge is 2.17. The third-order valence-electron chi connectivity index (χ3n) is 5.36. The fourth-order valence-electron chi connectivity index (χ4n) is 3.92. The quantitative estimate of drug-likeness (QED) is 0.380. The van der Waals surface area contributed by atoms with Crippen LogP contribution in [0.4, 0.5) is 0 Å². The SMILES string of the molecule is Cc1cccc(-c2nc(C)sc2-c2ccc3c(c2)n(C)c(=O)n3-c2ccccc2)c1. The van der Waals surface area contributed by atoms with Gasteiger partial charge in [0.05, 0.1) is 32.3 Å². The van der Waals surface area contributed by atoms with Crippen molar-refractivity contribution < 1.29 is 0 Å². The summed E-state index contributed by atoms with van der Waals surface area (Å²) in [6.45, 7) is 4.13. The first-order valence-electron chi connectivity index (χ1n) is 9.84. The van der Waals surface area contributed by atoms with Crippen LogP contribution in [0.2, 0.25) is 0 Å². The van der Waals surface area contributed by atoms with Crippen LogP contribution in [0.3, 0.4) is 0 Å². The molecule has 0 aliphatic rings. The van der Waals surface area contributed by atoms with Gasteiger partial charge in [0.2, 0.25) is 0 Å². The minimum absolute atomic E-state index is 0.0484. The molecule has 148 valence electrons. The van der Waals surface area contributed by atoms with E-state index in [4.69, 9.17) is 4.98 Å². The smallest absolute Gasteiger partial charge is 0.295 e. The number of hydrogen-bond acceptors (Lipinski definition) is 3. The van der Waals surface area contributed by atoms with E-state index in [0.717, 1.165) is 43.4 Å². The second-order valence-electron chi connectivity index (χ2n) is 7.50. The molecule has 4 nitrogen and oxygen atoms in total. The molecule has 0 bridgehead atoms. The lowest BCUT2D eigenvalue weighted by atomic mass is 10.0. The Bertz CT molecular complexity index is 1440. The second-order valence-corrected chi connectivity index (χ2v) is 8.70. The predicted octanol–water partition coefficient (Wildman–Crippen LogP) is 5.74. The van der Waals surface area contributed by atoms with E-state index in [0.29, 0.717) is 0 Å². The molecule has 0 atom stereocenters. The molecule has 0 aliphatic heterocycles. The van der Waals surface area contributed by atoms with Gasteiger partial charge in [0.15, 0.2) is 0 Å². The zero-order valence-electron chi connectivity index (χ0n) is 17.1. The highest BCUT2D eigenvalue weighted by molar-refractivity contribution is 7.15. The molecule has 0 saturated carbocycles. The standard InChI is InChI=1S/C25H21N3OS/c1-16-8-7-9-18(14-16)23-24(30-17(2)26-23)19-12-13-21-22(15-19)27(3)25(29)28(21)20-10-5-4-6-11-20/h4-15H,1-3H3. The van der Waals surface area contributed by atoms with Gasteiger partial charge < -0.3 is 0 Å². The van der Waals surface area contributed by atoms with Gasteiger partial charge in [-0.3, -0.25) is 9.13 Å². The summed E-state index contributed by atoms with van der Waals surface area (Å²) < 4.78 is 3.48. The van der Waals surface area contributed by atoms with Crippen LogP contribution in [-0.4, -0.2) is 14.1 Å². The molecular weight excluding hydrogens is 390 g/mol. The van der Waals surface area contributed by atoms with Crippen molar-refractivity contribution in [3.05, 3.63) is 93.9 Å². The van der Waals surface area contributed by atoms with Crippen molar-refractivity contribution in [3.63, 3.8) is 0 Å². The van der Waals surface area contributed by atoms with Gasteiger partial charge in [-0.2, -0.15) is 0 Å². The molecular formula is C25H21N3OS. The Kier molecular flexibility index (Phi) is 4.40. The second kappa shape index (κ2) is 7.11. The van der Waals surface area contributed by atoms with E-state index in [9.17, 15) is 4.79 Å². The van der Waals surface area contributed by atoms with Gasteiger partial charge in [-0.05, 0) is 49.7 Å². The van der Waals surface area contributed by atoms with Crippen molar-refractivity contribution in [2.45, 2.75) is 13.8 Å². The number of imidazole rings is 1. The van der Waals surface area contributed by atoms with Crippen LogP contribution in [-0.2, 0) is 7.05 Å². The average Bonchev–Trinajstić information content (AvgIpc) is 3.26. The van der Waals surface area contributed by atoms with E-state index in [1.54, 1.807) is 20.5 Å². The van der Waals surface area contributed by atoms with Gasteiger partial charge >= 0.3 is 5.69 Å². The summed E-state index contributed by atoms with van der Waals surface area (Å²) >= 11 is 1.68. The Morgan fingerprint density at radius 3 is 2.40 bits per heavy atom. The molecule has 0 saturated heterocycles. The molecule has 0 N–H and O–H groups in total. The molecule has 0 amide bonds. The lowest BCUT2D eigenvalue weighted by Gasteiger charge is -2.06. The van der Waals surface area contributed by atoms with Crippen LogP contribution in [0, 0.1) is 13.8 Å². The lowest BCUT2D eigenvalue weighted by Crippen LogP contribution is -2.20. The molecule has 5 heteroatoms. The van der Waals surface area contributed by atoms with E-state index < -0.39 is 0 Å². The molecule has 0 radical (unpaired) electrons. The molecule has 2 heterocycles. The number of aromatic nitrogens is 3. The van der Waals surface area contributed by atoms with E-state index >= 15 is 0 Å². The number of fused-ring (bicyclic) bond motifs is 1. The zero-order chi connectivity index (χ0) is 20.8. The van der Waals surface area contributed by atoms with Crippen molar-refractivity contribution in [3.8, 4) is 27.4 Å². The molecule has 2 aromatic heterocycles. The summed E-state index contributed by atoms with van der Waals surface area (Å²) in [4.78, 5) is 18.9. The lowest BCUT2D eigenvalue weighted by molar-refractivity contribution is 0.846. The Morgan fingerprint density at radius 2 is 1.63 bits per heavy atom. The largest absolute Gasteiger partial charge is 0.333 e. The van der Waals surface area contributed by atoms with Gasteiger partial charge in [-0.25, -0.2) is 9.78 Å². The number of para-hydroxylation sites is 1. The van der Waals surface area contributed by atoms with E-state index in [-0.39, 0.29) is 5.69 Å². The highest BCUT2D eigenvalue weighted by atomic mass is 32.1. The third-order valence-corrected chi connectivity index (χ3v) is 6.38. The summed E-state index contributed by atoms with van der Waals surface area (Å²) in [5.41, 5.74) is 7.02. The normalized spacial score (nSPS) is 11.3. The van der Waals surface area contributed by atoms with Crippen molar-refractivity contribution >= 4 is 22.4 Å². The van der Waals surface area contributed by atoms with E-state index in [1.807, 2.05) is 50.4 Å². The first-order chi connectivity index (χ1) is 14.5. The first kappa shape index (κ1) is 18.6. The molecule has 5 rings (SSSR count). The summed E-state index contributed by atoms with van der Waals surface area (Å²) in [6, 6.07) is 24.4. The minimum Gasteiger partial charge on any atom is -0.295 e. The fourth-order valence-corrected chi connectivity index (χ4v) is 4.85. The van der Waals surface area contributed by atoms with Crippen LogP contribution >= 0.6 is 11.3 Å². The summed E-state index contributed by atoms with van der Waals surface area (Å²) in [5.74, 6) is 0. The van der Waals surface area contributed by atoms with Crippen molar-refractivity contribution in [2.75, 3.05) is 0 Å². The molecule has 5 aromatic rings. The minimum atomic E-state index is -0.0484. The Morgan fingerprint density at radius 1 is 0.833 bits per heavy atom. The van der Waals surface area contributed by atoms with Gasteiger partial charge in [-0.1, -0.05) is 48.0 Å². The van der Waals surface area contributed by atoms with Gasteiger partial charge in [-0.15, -0.1) is 11.3 Å². The van der Waals surface area contributed by atoms with Crippen LogP contribution in [0.15, 0.2) is 77.6 Å². The van der Waals surface area contributed by atoms with Crippen molar-refractivity contribution in [1.82, 2.24) is 14.1 Å². The topological polar surface area (TPSA) is 39.8 Å². The van der Waals surface area contributed by atoms with Gasteiger partial charge in [0, 0.05) is 12.6 Å². The Hall–Kier alpha value is -3.44. The molecule has 0 unspecified atom stereocenters. The molecule has 3 aromatic carbocycles. The van der Waals surface area contributed by atoms with Gasteiger partial charge in [0.1, 0.15) is 0 Å². The maximum atomic E-state index is 13.0. The monoisotopic (exact) mass is 411 g/mol. The first-order valence-corrected chi connectivity index (χ1v) is 10.7. The van der Waals surface area contributed by atoms with Crippen LogP contribution in [0.25, 0.3) is 38.4 Å². The van der Waals surface area contributed by atoms with E-state index in [1.165, 1.54) is 5.56 Å². The highest BCUT2D eigenvalue weighted by Crippen LogP contribution is 2.38. The van der Waals surface area contributed by atoms with Crippen LogP contribution < -0.4 is 5.69 Å². The maximum Gasteiger partial charge on any atom is 0.333 e. The zero-order valence-corrected chi connectivity index (χ0v) is 17.9. The molecule has 0 aliphatic carbocycles. The fraction of sp³-hybridized carbons (Fsp3) is 0.120.